The summed E-state index contributed by atoms with van der Waals surface area (Å²) in [5, 5.41) is 15.5. The quantitative estimate of drug-likeness (QED) is 0.542. The average Bonchev–Trinajstić information content (AvgIpc) is 2.75. The van der Waals surface area contributed by atoms with Crippen LogP contribution in [0.1, 0.15) is 6.42 Å². The van der Waals surface area contributed by atoms with Crippen molar-refractivity contribution in [3.63, 3.8) is 0 Å². The van der Waals surface area contributed by atoms with E-state index in [1.54, 1.807) is 6.20 Å². The number of aryl methyl sites for hydroxylation is 1. The maximum atomic E-state index is 13.9. The van der Waals surface area contributed by atoms with Crippen molar-refractivity contribution in [1.29, 1.82) is 0 Å². The molecule has 1 aliphatic heterocycles. The summed E-state index contributed by atoms with van der Waals surface area (Å²) in [4.78, 5) is 38.1. The summed E-state index contributed by atoms with van der Waals surface area (Å²) >= 11 is 0. The molecule has 1 saturated heterocycles. The Morgan fingerprint density at radius 1 is 1.23 bits per heavy atom. The van der Waals surface area contributed by atoms with E-state index in [1.165, 1.54) is 6.20 Å². The molecular formula is C19H20FN7O3. The fourth-order valence-corrected chi connectivity index (χ4v) is 3.27. The lowest BCUT2D eigenvalue weighted by molar-refractivity contribution is -0.137. The first kappa shape index (κ1) is 19.7. The largest absolute Gasteiger partial charge is 0.481 e. The fourth-order valence-electron chi connectivity index (χ4n) is 3.27. The van der Waals surface area contributed by atoms with Crippen LogP contribution in [0, 0.1) is 5.82 Å². The number of halogens is 1. The zero-order valence-electron chi connectivity index (χ0n) is 16.0. The Labute approximate surface area is 170 Å². The van der Waals surface area contributed by atoms with Crippen molar-refractivity contribution in [2.75, 3.05) is 36.4 Å². The second kappa shape index (κ2) is 8.41. The van der Waals surface area contributed by atoms with Crippen LogP contribution >= 0.6 is 0 Å². The number of rotatable bonds is 6. The minimum atomic E-state index is -1.10. The van der Waals surface area contributed by atoms with Crippen molar-refractivity contribution >= 4 is 34.5 Å². The van der Waals surface area contributed by atoms with E-state index in [2.05, 4.69) is 30.5 Å². The Morgan fingerprint density at radius 3 is 2.73 bits per heavy atom. The van der Waals surface area contributed by atoms with Gasteiger partial charge in [0, 0.05) is 44.3 Å². The smallest absolute Gasteiger partial charge is 0.305 e. The number of carboxylic acids is 1. The highest BCUT2D eigenvalue weighted by atomic mass is 19.1. The standard InChI is InChI=1S/C19H20FN7O3/c20-14-9-12-10-23-19(25-17(12)27(18(14)30)6-3-16(28)29)24-13-1-2-15(22-11-13)26-7-4-21-5-8-26/h1-2,9-11,21H,3-8H2,(H,28,29)(H,23,24,25). The molecule has 0 spiro atoms. The lowest BCUT2D eigenvalue weighted by Crippen LogP contribution is -2.43. The lowest BCUT2D eigenvalue weighted by atomic mass is 10.3. The van der Waals surface area contributed by atoms with Crippen molar-refractivity contribution < 1.29 is 14.3 Å². The Bertz CT molecular complexity index is 1130. The van der Waals surface area contributed by atoms with Crippen molar-refractivity contribution in [1.82, 2.24) is 24.8 Å². The third-order valence-corrected chi connectivity index (χ3v) is 4.78. The molecule has 4 heterocycles. The number of hydrogen-bond donors (Lipinski definition) is 3. The number of aromatic nitrogens is 4. The number of fused-ring (bicyclic) bond motifs is 1. The van der Waals surface area contributed by atoms with Gasteiger partial charge in [-0.3, -0.25) is 14.2 Å². The number of anilines is 3. The second-order valence-corrected chi connectivity index (χ2v) is 6.83. The SMILES string of the molecule is O=C(O)CCn1c(=O)c(F)cc2cnc(Nc3ccc(N4CCNCC4)nc3)nc21. The van der Waals surface area contributed by atoms with Crippen molar-refractivity contribution in [3.8, 4) is 0 Å². The first-order chi connectivity index (χ1) is 14.5. The van der Waals surface area contributed by atoms with Crippen molar-refractivity contribution in [2.45, 2.75) is 13.0 Å². The number of nitrogens with one attached hydrogen (secondary N) is 2. The van der Waals surface area contributed by atoms with Gasteiger partial charge in [0.15, 0.2) is 5.82 Å². The summed E-state index contributed by atoms with van der Waals surface area (Å²) in [5.41, 5.74) is -0.115. The number of aliphatic carboxylic acids is 1. The predicted molar refractivity (Wildman–Crippen MR) is 109 cm³/mol. The van der Waals surface area contributed by atoms with E-state index in [1.807, 2.05) is 12.1 Å². The summed E-state index contributed by atoms with van der Waals surface area (Å²) in [6, 6.07) is 4.79. The highest BCUT2D eigenvalue weighted by molar-refractivity contribution is 5.76. The zero-order valence-corrected chi connectivity index (χ0v) is 16.0. The lowest BCUT2D eigenvalue weighted by Gasteiger charge is -2.28. The highest BCUT2D eigenvalue weighted by Gasteiger charge is 2.14. The van der Waals surface area contributed by atoms with Gasteiger partial charge < -0.3 is 20.6 Å². The van der Waals surface area contributed by atoms with Gasteiger partial charge in [-0.15, -0.1) is 0 Å². The van der Waals surface area contributed by atoms with Gasteiger partial charge in [-0.25, -0.2) is 14.4 Å². The molecule has 30 heavy (non-hydrogen) atoms. The van der Waals surface area contributed by atoms with Gasteiger partial charge in [0.25, 0.3) is 5.56 Å². The molecule has 1 aliphatic rings. The Morgan fingerprint density at radius 2 is 2.03 bits per heavy atom. The fraction of sp³-hybridized carbons (Fsp3) is 0.316. The summed E-state index contributed by atoms with van der Waals surface area (Å²) in [6.45, 7) is 3.41. The van der Waals surface area contributed by atoms with Gasteiger partial charge in [-0.1, -0.05) is 0 Å². The molecule has 3 aromatic rings. The van der Waals surface area contributed by atoms with Crippen LogP contribution in [0.25, 0.3) is 11.0 Å². The first-order valence-corrected chi connectivity index (χ1v) is 9.48. The molecule has 10 nitrogen and oxygen atoms in total. The van der Waals surface area contributed by atoms with Gasteiger partial charge >= 0.3 is 5.97 Å². The molecule has 3 aromatic heterocycles. The van der Waals surface area contributed by atoms with Crippen LogP contribution in [0.5, 0.6) is 0 Å². The van der Waals surface area contributed by atoms with Crippen LogP contribution in [0.3, 0.4) is 0 Å². The predicted octanol–water partition coefficient (Wildman–Crippen LogP) is 0.953. The Balaban J connectivity index is 1.60. The van der Waals surface area contributed by atoms with Crippen LogP contribution in [0.15, 0.2) is 35.4 Å². The van der Waals surface area contributed by atoms with E-state index in [0.29, 0.717) is 11.1 Å². The minimum Gasteiger partial charge on any atom is -0.481 e. The van der Waals surface area contributed by atoms with Gasteiger partial charge in [0.1, 0.15) is 11.5 Å². The molecular weight excluding hydrogens is 393 g/mol. The molecule has 4 rings (SSSR count). The third-order valence-electron chi connectivity index (χ3n) is 4.78. The van der Waals surface area contributed by atoms with Crippen molar-refractivity contribution in [2.24, 2.45) is 0 Å². The summed E-state index contributed by atoms with van der Waals surface area (Å²) in [7, 11) is 0. The summed E-state index contributed by atoms with van der Waals surface area (Å²) in [6.07, 6.45) is 2.71. The average molecular weight is 413 g/mol. The van der Waals surface area contributed by atoms with E-state index in [9.17, 15) is 14.0 Å². The molecule has 3 N–H and O–H groups in total. The molecule has 0 aliphatic carbocycles. The van der Waals surface area contributed by atoms with Crippen LogP contribution in [-0.4, -0.2) is 56.8 Å². The molecule has 0 saturated carbocycles. The Kier molecular flexibility index (Phi) is 5.53. The van der Waals surface area contributed by atoms with E-state index in [4.69, 9.17) is 5.11 Å². The molecule has 0 aromatic carbocycles. The van der Waals surface area contributed by atoms with E-state index in [0.717, 1.165) is 42.6 Å². The van der Waals surface area contributed by atoms with Crippen LogP contribution in [-0.2, 0) is 11.3 Å². The molecule has 156 valence electrons. The third kappa shape index (κ3) is 4.20. The van der Waals surface area contributed by atoms with E-state index < -0.39 is 17.3 Å². The molecule has 1 fully saturated rings. The molecule has 11 heteroatoms. The monoisotopic (exact) mass is 413 g/mol. The van der Waals surface area contributed by atoms with Crippen LogP contribution < -0.4 is 21.1 Å². The number of nitrogens with zero attached hydrogens (tertiary/aromatic N) is 5. The second-order valence-electron chi connectivity index (χ2n) is 6.83. The topological polar surface area (TPSA) is 125 Å². The molecule has 0 radical (unpaired) electrons. The number of carbonyl (C=O) groups is 1. The summed E-state index contributed by atoms with van der Waals surface area (Å²) in [5.74, 6) is -1.01. The van der Waals surface area contributed by atoms with E-state index >= 15 is 0 Å². The van der Waals surface area contributed by atoms with Crippen LogP contribution in [0.4, 0.5) is 21.8 Å². The number of pyridine rings is 2. The molecule has 0 atom stereocenters. The Hall–Kier alpha value is -3.60. The van der Waals surface area contributed by atoms with E-state index in [-0.39, 0.29) is 24.6 Å². The number of hydrogen-bond acceptors (Lipinski definition) is 8. The maximum Gasteiger partial charge on any atom is 0.305 e. The summed E-state index contributed by atoms with van der Waals surface area (Å²) < 4.78 is 14.9. The normalized spacial score (nSPS) is 14.1. The van der Waals surface area contributed by atoms with Crippen molar-refractivity contribution in [3.05, 3.63) is 46.8 Å². The highest BCUT2D eigenvalue weighted by Crippen LogP contribution is 2.19. The van der Waals surface area contributed by atoms with Gasteiger partial charge in [0.2, 0.25) is 5.95 Å². The minimum absolute atomic E-state index is 0.158. The molecule has 0 amide bonds. The number of carboxylic acid groups (broad SMARTS) is 1. The number of piperazine rings is 1. The molecule has 0 unspecified atom stereocenters. The van der Waals surface area contributed by atoms with Gasteiger partial charge in [-0.05, 0) is 18.2 Å². The zero-order chi connectivity index (χ0) is 21.1. The van der Waals surface area contributed by atoms with Gasteiger partial charge in [-0.2, -0.15) is 4.98 Å². The van der Waals surface area contributed by atoms with Crippen LogP contribution in [0.2, 0.25) is 0 Å². The maximum absolute atomic E-state index is 13.9. The van der Waals surface area contributed by atoms with Gasteiger partial charge in [0.05, 0.1) is 18.3 Å². The molecule has 0 bridgehead atoms. The first-order valence-electron chi connectivity index (χ1n) is 9.48.